The molecule has 3 unspecified atom stereocenters. The molecule has 0 rings (SSSR count). The summed E-state index contributed by atoms with van der Waals surface area (Å²) >= 11 is 0. The zero-order valence-corrected chi connectivity index (χ0v) is 54.8. The summed E-state index contributed by atoms with van der Waals surface area (Å²) < 4.78 is 23.9. The molecule has 0 aliphatic heterocycles. The number of rotatable bonds is 66. The molecule has 1 amide bonds. The van der Waals surface area contributed by atoms with Gasteiger partial charge in [-0.3, -0.25) is 13.8 Å². The second-order valence-electron chi connectivity index (χ2n) is 25.6. The fourth-order valence-electron chi connectivity index (χ4n) is 11.0. The van der Waals surface area contributed by atoms with Crippen LogP contribution in [-0.4, -0.2) is 73.4 Å². The first-order valence-corrected chi connectivity index (χ1v) is 36.7. The third kappa shape index (κ3) is 64.4. The summed E-state index contributed by atoms with van der Waals surface area (Å²) in [6.07, 6.45) is 79.9. The van der Waals surface area contributed by atoms with Gasteiger partial charge in [-0.1, -0.05) is 340 Å². The molecule has 0 aliphatic carbocycles. The predicted molar refractivity (Wildman–Crippen MR) is 346 cm³/mol. The van der Waals surface area contributed by atoms with Gasteiger partial charge in [0.1, 0.15) is 13.2 Å². The van der Waals surface area contributed by atoms with Crippen molar-refractivity contribution in [2.75, 3.05) is 40.9 Å². The van der Waals surface area contributed by atoms with Crippen LogP contribution in [0.3, 0.4) is 0 Å². The van der Waals surface area contributed by atoms with Crippen molar-refractivity contribution in [1.82, 2.24) is 5.32 Å². The van der Waals surface area contributed by atoms with Gasteiger partial charge in [-0.2, -0.15) is 0 Å². The molecule has 0 fully saturated rings. The van der Waals surface area contributed by atoms with Gasteiger partial charge in [-0.05, 0) is 44.9 Å². The molecule has 0 aromatic carbocycles. The Bertz CT molecular complexity index is 1340. The number of unbranched alkanes of at least 4 members (excludes halogenated alkanes) is 49. The smallest absolute Gasteiger partial charge is 0.391 e. The minimum atomic E-state index is -4.33. The van der Waals surface area contributed by atoms with Crippen LogP contribution >= 0.6 is 7.82 Å². The number of aliphatic hydroxyl groups excluding tert-OH is 1. The molecule has 9 heteroatoms. The number of nitrogens with zero attached hydrogens (tertiary/aromatic N) is 1. The second-order valence-corrected chi connectivity index (χ2v) is 27.1. The number of phosphoric acid groups is 1. The molecule has 8 nitrogen and oxygen atoms in total. The first-order chi connectivity index (χ1) is 38.5. The van der Waals surface area contributed by atoms with E-state index in [4.69, 9.17) is 9.05 Å². The van der Waals surface area contributed by atoms with E-state index in [0.29, 0.717) is 23.9 Å². The highest BCUT2D eigenvalue weighted by atomic mass is 31.2. The van der Waals surface area contributed by atoms with E-state index in [0.717, 1.165) is 44.9 Å². The van der Waals surface area contributed by atoms with Gasteiger partial charge in [0.2, 0.25) is 5.91 Å². The van der Waals surface area contributed by atoms with Gasteiger partial charge in [0.05, 0.1) is 39.9 Å². The predicted octanol–water partition coefficient (Wildman–Crippen LogP) is 22.3. The molecule has 3 N–H and O–H groups in total. The molecule has 79 heavy (non-hydrogen) atoms. The summed E-state index contributed by atoms with van der Waals surface area (Å²) in [4.78, 5) is 23.5. The van der Waals surface area contributed by atoms with Crippen molar-refractivity contribution in [2.24, 2.45) is 0 Å². The molecular weight excluding hydrogens is 996 g/mol. The van der Waals surface area contributed by atoms with Crippen molar-refractivity contribution in [1.29, 1.82) is 0 Å². The van der Waals surface area contributed by atoms with Crippen molar-refractivity contribution in [3.63, 3.8) is 0 Å². The Hall–Kier alpha value is -1.02. The van der Waals surface area contributed by atoms with Crippen molar-refractivity contribution < 1.29 is 32.9 Å². The van der Waals surface area contributed by atoms with Crippen LogP contribution in [0.15, 0.2) is 24.3 Å². The van der Waals surface area contributed by atoms with Gasteiger partial charge < -0.3 is 19.8 Å². The van der Waals surface area contributed by atoms with Crippen molar-refractivity contribution in [3.05, 3.63) is 24.3 Å². The number of phosphoric ester groups is 1. The van der Waals surface area contributed by atoms with E-state index in [9.17, 15) is 19.4 Å². The van der Waals surface area contributed by atoms with E-state index in [1.807, 2.05) is 21.1 Å². The maximum Gasteiger partial charge on any atom is 0.472 e. The van der Waals surface area contributed by atoms with Crippen LogP contribution in [0.5, 0.6) is 0 Å². The number of quaternary nitrogens is 1. The lowest BCUT2D eigenvalue weighted by atomic mass is 10.0. The van der Waals surface area contributed by atoms with Gasteiger partial charge >= 0.3 is 7.82 Å². The molecule has 470 valence electrons. The standard InChI is InChI=1S/C70H139N2O6P/c1-6-8-10-12-14-16-18-20-22-24-26-28-30-32-34-35-36-37-38-40-42-44-46-48-50-52-54-56-58-60-62-64-70(74)71-68(67-78-79(75,76)77-66-65-72(3,4)5)69(73)63-61-59-57-55-53-51-49-47-45-43-41-39-33-31-29-27-25-23-21-19-17-15-13-11-9-7-2/h18,20,24,26,68-69,73H,6-17,19,21-23,25,27-67H2,1-5H3,(H-,71,74,75,76)/p+1/b20-18-,26-24-. The molecule has 0 aromatic rings. The number of nitrogens with one attached hydrogen (secondary N) is 1. The highest BCUT2D eigenvalue weighted by molar-refractivity contribution is 7.47. The third-order valence-corrected chi connectivity index (χ3v) is 17.4. The van der Waals surface area contributed by atoms with Crippen molar-refractivity contribution in [2.45, 2.75) is 379 Å². The number of hydrogen-bond donors (Lipinski definition) is 3. The van der Waals surface area contributed by atoms with E-state index in [2.05, 4.69) is 43.5 Å². The molecule has 0 saturated carbocycles. The van der Waals surface area contributed by atoms with Crippen LogP contribution in [0.2, 0.25) is 0 Å². The third-order valence-electron chi connectivity index (χ3n) is 16.5. The lowest BCUT2D eigenvalue weighted by Gasteiger charge is -2.26. The molecule has 0 spiro atoms. The second kappa shape index (κ2) is 61.5. The van der Waals surface area contributed by atoms with Crippen LogP contribution in [0.1, 0.15) is 367 Å². The monoisotopic (exact) mass is 1140 g/mol. The fourth-order valence-corrected chi connectivity index (χ4v) is 11.7. The molecular formula is C70H140N2O6P+. The number of amides is 1. The highest BCUT2D eigenvalue weighted by Crippen LogP contribution is 2.43. The molecule has 3 atom stereocenters. The topological polar surface area (TPSA) is 105 Å². The maximum absolute atomic E-state index is 13.1. The molecule has 0 saturated heterocycles. The first-order valence-electron chi connectivity index (χ1n) is 35.2. The molecule has 0 bridgehead atoms. The number of carbonyl (C=O) groups is 1. The van der Waals surface area contributed by atoms with E-state index in [1.54, 1.807) is 0 Å². The van der Waals surface area contributed by atoms with Gasteiger partial charge in [-0.25, -0.2) is 4.57 Å². The zero-order valence-electron chi connectivity index (χ0n) is 53.9. The summed E-state index contributed by atoms with van der Waals surface area (Å²) in [5, 5.41) is 14.2. The van der Waals surface area contributed by atoms with Crippen LogP contribution in [-0.2, 0) is 18.4 Å². The Kier molecular flexibility index (Phi) is 60.7. The molecule has 0 radical (unpaired) electrons. The largest absolute Gasteiger partial charge is 0.472 e. The van der Waals surface area contributed by atoms with Crippen LogP contribution in [0, 0.1) is 0 Å². The van der Waals surface area contributed by atoms with Gasteiger partial charge in [0, 0.05) is 6.42 Å². The average molecular weight is 1140 g/mol. The van der Waals surface area contributed by atoms with Crippen LogP contribution < -0.4 is 5.32 Å². The number of allylic oxidation sites excluding steroid dienone is 4. The maximum atomic E-state index is 13.1. The summed E-state index contributed by atoms with van der Waals surface area (Å²) in [7, 11) is 1.64. The first kappa shape index (κ1) is 78.0. The SMILES string of the molecule is CCCCCCC/C=C\C/C=C\CCCCCCCCCCCCCCCCCCCCCC(=O)NC(COP(=O)(O)OCC[N+](C)(C)C)C(O)CCCCCCCCCCCCCCCCCCCCCCCCCCCC. The minimum absolute atomic E-state index is 0.0775. The Morgan fingerprint density at radius 2 is 0.722 bits per heavy atom. The van der Waals surface area contributed by atoms with E-state index < -0.39 is 20.0 Å². The Balaban J connectivity index is 4.00. The Morgan fingerprint density at radius 3 is 1.04 bits per heavy atom. The van der Waals surface area contributed by atoms with E-state index in [-0.39, 0.29) is 19.1 Å². The summed E-state index contributed by atoms with van der Waals surface area (Å²) in [6.45, 7) is 4.94. The summed E-state index contributed by atoms with van der Waals surface area (Å²) in [5.74, 6) is -0.136. The van der Waals surface area contributed by atoms with Crippen LogP contribution in [0.4, 0.5) is 0 Å². The number of hydrogen-bond acceptors (Lipinski definition) is 5. The molecule has 0 aliphatic rings. The Morgan fingerprint density at radius 1 is 0.430 bits per heavy atom. The summed E-state index contributed by atoms with van der Waals surface area (Å²) in [5.41, 5.74) is 0. The van der Waals surface area contributed by atoms with E-state index >= 15 is 0 Å². The van der Waals surface area contributed by atoms with Crippen LogP contribution in [0.25, 0.3) is 0 Å². The summed E-state index contributed by atoms with van der Waals surface area (Å²) in [6, 6.07) is -0.760. The average Bonchev–Trinajstić information content (AvgIpc) is 3.42. The lowest BCUT2D eigenvalue weighted by molar-refractivity contribution is -0.870. The lowest BCUT2D eigenvalue weighted by Crippen LogP contribution is -2.46. The van der Waals surface area contributed by atoms with Crippen molar-refractivity contribution in [3.8, 4) is 0 Å². The Labute approximate surface area is 494 Å². The van der Waals surface area contributed by atoms with Gasteiger partial charge in [-0.15, -0.1) is 0 Å². The molecule has 0 aromatic heterocycles. The van der Waals surface area contributed by atoms with Gasteiger partial charge in [0.25, 0.3) is 0 Å². The normalized spacial score (nSPS) is 13.8. The quantitative estimate of drug-likeness (QED) is 0.0243. The van der Waals surface area contributed by atoms with Gasteiger partial charge in [0.15, 0.2) is 0 Å². The number of likely N-dealkylation sites (N-methyl/N-ethyl adjacent to an activating group) is 1. The number of aliphatic hydroxyl groups is 1. The molecule has 0 heterocycles. The van der Waals surface area contributed by atoms with Crippen molar-refractivity contribution >= 4 is 13.7 Å². The fraction of sp³-hybridized carbons (Fsp3) is 0.929. The van der Waals surface area contributed by atoms with E-state index in [1.165, 1.54) is 295 Å². The minimum Gasteiger partial charge on any atom is -0.391 e. The highest BCUT2D eigenvalue weighted by Gasteiger charge is 2.28. The number of carbonyl (C=O) groups excluding carboxylic acids is 1. The zero-order chi connectivity index (χ0) is 57.7.